The van der Waals surface area contributed by atoms with Crippen LogP contribution in [0.4, 0.5) is 0 Å². The number of hydrogen-bond donors (Lipinski definition) is 2. The Labute approximate surface area is 85.9 Å². The first-order valence-corrected chi connectivity index (χ1v) is 5.09. The van der Waals surface area contributed by atoms with Crippen molar-refractivity contribution < 1.29 is 4.79 Å². The summed E-state index contributed by atoms with van der Waals surface area (Å²) in [5.41, 5.74) is 6.31. The van der Waals surface area contributed by atoms with Gasteiger partial charge in [-0.2, -0.15) is 11.3 Å². The molecule has 0 spiro atoms. The summed E-state index contributed by atoms with van der Waals surface area (Å²) in [5, 5.41) is 6.67. The molecule has 0 saturated carbocycles. The van der Waals surface area contributed by atoms with Gasteiger partial charge in [-0.1, -0.05) is 12.2 Å². The van der Waals surface area contributed by atoms with Gasteiger partial charge in [-0.25, -0.2) is 0 Å². The Kier molecular flexibility index (Phi) is 3.85. The van der Waals surface area contributed by atoms with Crippen LogP contribution in [0.3, 0.4) is 0 Å². The van der Waals surface area contributed by atoms with Gasteiger partial charge in [-0.3, -0.25) is 4.79 Å². The Morgan fingerprint density at radius 2 is 2.46 bits per heavy atom. The Morgan fingerprint density at radius 3 is 3.00 bits per heavy atom. The van der Waals surface area contributed by atoms with E-state index >= 15 is 0 Å². The summed E-state index contributed by atoms with van der Waals surface area (Å²) in [4.78, 5) is 11.3. The van der Waals surface area contributed by atoms with E-state index in [0.29, 0.717) is 6.54 Å². The average Bonchev–Trinajstić information content (AvgIpc) is 2.51. The summed E-state index contributed by atoms with van der Waals surface area (Å²) in [6.07, 6.45) is 0.124. The zero-order valence-electron chi connectivity index (χ0n) is 6.95. The number of thiocarbonyl (C=S) groups is 1. The summed E-state index contributed by atoms with van der Waals surface area (Å²) < 4.78 is 0. The zero-order valence-corrected chi connectivity index (χ0v) is 8.58. The molecule has 1 rings (SSSR count). The van der Waals surface area contributed by atoms with Crippen molar-refractivity contribution in [3.8, 4) is 0 Å². The van der Waals surface area contributed by atoms with Gasteiger partial charge in [-0.05, 0) is 22.4 Å². The lowest BCUT2D eigenvalue weighted by Crippen LogP contribution is -2.26. The number of hydrogen-bond acceptors (Lipinski definition) is 3. The molecule has 0 radical (unpaired) electrons. The van der Waals surface area contributed by atoms with Crippen molar-refractivity contribution >= 4 is 34.5 Å². The monoisotopic (exact) mass is 214 g/mol. The van der Waals surface area contributed by atoms with E-state index in [1.54, 1.807) is 11.3 Å². The first kappa shape index (κ1) is 10.1. The second-order valence-electron chi connectivity index (χ2n) is 2.55. The minimum absolute atomic E-state index is 0.124. The van der Waals surface area contributed by atoms with Crippen LogP contribution in [0.2, 0.25) is 0 Å². The molecule has 0 aliphatic carbocycles. The van der Waals surface area contributed by atoms with E-state index in [2.05, 4.69) is 17.5 Å². The van der Waals surface area contributed by atoms with Gasteiger partial charge in [0.05, 0.1) is 11.4 Å². The van der Waals surface area contributed by atoms with Crippen LogP contribution in [-0.2, 0) is 11.3 Å². The summed E-state index contributed by atoms with van der Waals surface area (Å²) in [5.74, 6) is -0.126. The Balaban J connectivity index is 2.27. The number of rotatable bonds is 4. The van der Waals surface area contributed by atoms with Crippen molar-refractivity contribution in [2.75, 3.05) is 0 Å². The molecule has 1 aromatic rings. The van der Waals surface area contributed by atoms with Gasteiger partial charge in [-0.15, -0.1) is 0 Å². The third-order valence-corrected chi connectivity index (χ3v) is 2.28. The highest BCUT2D eigenvalue weighted by Crippen LogP contribution is 2.04. The highest BCUT2D eigenvalue weighted by atomic mass is 32.1. The van der Waals surface area contributed by atoms with E-state index in [4.69, 9.17) is 5.73 Å². The van der Waals surface area contributed by atoms with Crippen molar-refractivity contribution in [1.29, 1.82) is 0 Å². The van der Waals surface area contributed by atoms with Crippen LogP contribution in [-0.4, -0.2) is 10.9 Å². The van der Waals surface area contributed by atoms with Crippen molar-refractivity contribution in [3.63, 3.8) is 0 Å². The fraction of sp³-hybridized carbons (Fsp3) is 0.250. The number of nitrogens with two attached hydrogens (primary N) is 1. The van der Waals surface area contributed by atoms with Crippen LogP contribution < -0.4 is 11.1 Å². The van der Waals surface area contributed by atoms with Crippen LogP contribution in [0.15, 0.2) is 16.8 Å². The van der Waals surface area contributed by atoms with Gasteiger partial charge in [0.1, 0.15) is 0 Å². The van der Waals surface area contributed by atoms with Gasteiger partial charge in [0.2, 0.25) is 5.91 Å². The quantitative estimate of drug-likeness (QED) is 0.736. The predicted molar refractivity (Wildman–Crippen MR) is 57.6 cm³/mol. The van der Waals surface area contributed by atoms with E-state index in [1.165, 1.54) is 0 Å². The average molecular weight is 214 g/mol. The zero-order chi connectivity index (χ0) is 9.68. The van der Waals surface area contributed by atoms with Gasteiger partial charge in [0.15, 0.2) is 0 Å². The summed E-state index contributed by atoms with van der Waals surface area (Å²) >= 11 is 6.21. The second-order valence-corrected chi connectivity index (χ2v) is 3.86. The molecule has 3 N–H and O–H groups in total. The van der Waals surface area contributed by atoms with Crippen molar-refractivity contribution in [2.24, 2.45) is 5.73 Å². The number of carbonyl (C=O) groups is 1. The molecule has 0 atom stereocenters. The van der Waals surface area contributed by atoms with Crippen molar-refractivity contribution in [2.45, 2.75) is 13.0 Å². The molecule has 70 valence electrons. The normalized spacial score (nSPS) is 9.54. The molecule has 0 unspecified atom stereocenters. The first-order valence-electron chi connectivity index (χ1n) is 3.74. The third kappa shape index (κ3) is 4.00. The third-order valence-electron chi connectivity index (χ3n) is 1.40. The van der Waals surface area contributed by atoms with Crippen LogP contribution in [0.1, 0.15) is 12.0 Å². The minimum atomic E-state index is -0.126. The molecule has 0 aliphatic heterocycles. The number of carbonyl (C=O) groups excluding carboxylic acids is 1. The molecule has 0 aromatic carbocycles. The fourth-order valence-corrected chi connectivity index (χ4v) is 1.61. The van der Waals surface area contributed by atoms with Gasteiger partial charge >= 0.3 is 0 Å². The van der Waals surface area contributed by atoms with Crippen molar-refractivity contribution in [1.82, 2.24) is 5.32 Å². The first-order chi connectivity index (χ1) is 6.18. The van der Waals surface area contributed by atoms with Gasteiger partial charge in [0, 0.05) is 6.54 Å². The molecule has 1 aromatic heterocycles. The smallest absolute Gasteiger partial charge is 0.227 e. The molecule has 0 bridgehead atoms. The van der Waals surface area contributed by atoms with E-state index in [0.717, 1.165) is 5.56 Å². The lowest BCUT2D eigenvalue weighted by Gasteiger charge is -2.01. The molecule has 0 fully saturated rings. The fourth-order valence-electron chi connectivity index (χ4n) is 0.815. The topological polar surface area (TPSA) is 55.1 Å². The molecule has 0 saturated heterocycles. The predicted octanol–water partition coefficient (Wildman–Crippen LogP) is 1.04. The molecule has 1 amide bonds. The highest BCUT2D eigenvalue weighted by molar-refractivity contribution is 7.80. The highest BCUT2D eigenvalue weighted by Gasteiger charge is 2.02. The second kappa shape index (κ2) is 4.94. The molecule has 13 heavy (non-hydrogen) atoms. The van der Waals surface area contributed by atoms with Crippen molar-refractivity contribution in [3.05, 3.63) is 22.4 Å². The Hall–Kier alpha value is -0.940. The minimum Gasteiger partial charge on any atom is -0.393 e. The molecule has 3 nitrogen and oxygen atoms in total. The van der Waals surface area contributed by atoms with E-state index in [1.807, 2.05) is 16.8 Å². The molecule has 1 heterocycles. The lowest BCUT2D eigenvalue weighted by molar-refractivity contribution is -0.120. The van der Waals surface area contributed by atoms with Gasteiger partial charge in [0.25, 0.3) is 0 Å². The molecular weight excluding hydrogens is 204 g/mol. The summed E-state index contributed by atoms with van der Waals surface area (Å²) in [6, 6.07) is 1.96. The molecular formula is C8H10N2OS2. The van der Waals surface area contributed by atoms with E-state index in [-0.39, 0.29) is 17.3 Å². The van der Waals surface area contributed by atoms with Gasteiger partial charge < -0.3 is 11.1 Å². The maximum absolute atomic E-state index is 11.1. The van der Waals surface area contributed by atoms with Crippen LogP contribution >= 0.6 is 23.6 Å². The number of amides is 1. The van der Waals surface area contributed by atoms with E-state index in [9.17, 15) is 4.79 Å². The number of nitrogens with one attached hydrogen (secondary N) is 1. The number of thiophene rings is 1. The summed E-state index contributed by atoms with van der Waals surface area (Å²) in [6.45, 7) is 0.547. The standard InChI is InChI=1S/C8H10N2OS2/c9-7(12)3-8(11)10-4-6-1-2-13-5-6/h1-2,5H,3-4H2,(H2,9,12)(H,10,11). The Morgan fingerprint density at radius 1 is 1.69 bits per heavy atom. The van der Waals surface area contributed by atoms with Crippen LogP contribution in [0.25, 0.3) is 0 Å². The Bertz CT molecular complexity index is 295. The largest absolute Gasteiger partial charge is 0.393 e. The lowest BCUT2D eigenvalue weighted by atomic mass is 10.3. The maximum Gasteiger partial charge on any atom is 0.227 e. The van der Waals surface area contributed by atoms with Crippen LogP contribution in [0, 0.1) is 0 Å². The summed E-state index contributed by atoms with van der Waals surface area (Å²) in [7, 11) is 0. The SMILES string of the molecule is NC(=S)CC(=O)NCc1ccsc1. The van der Waals surface area contributed by atoms with Crippen LogP contribution in [0.5, 0.6) is 0 Å². The van der Waals surface area contributed by atoms with E-state index < -0.39 is 0 Å². The molecule has 0 aliphatic rings. The molecule has 5 heteroatoms. The maximum atomic E-state index is 11.1.